The Bertz CT molecular complexity index is 907. The summed E-state index contributed by atoms with van der Waals surface area (Å²) < 4.78 is 5.85. The van der Waals surface area contributed by atoms with Crippen LogP contribution >= 0.6 is 0 Å². The van der Waals surface area contributed by atoms with Gasteiger partial charge in [-0.05, 0) is 29.8 Å². The first kappa shape index (κ1) is 19.2. The molecule has 0 spiro atoms. The van der Waals surface area contributed by atoms with E-state index < -0.39 is 5.97 Å². The van der Waals surface area contributed by atoms with Gasteiger partial charge in [-0.1, -0.05) is 30.3 Å². The number of carboxylic acid groups (broad SMARTS) is 1. The largest absolute Gasteiger partial charge is 0.489 e. The zero-order valence-corrected chi connectivity index (χ0v) is 16.3. The molecule has 4 rings (SSSR count). The van der Waals surface area contributed by atoms with Crippen LogP contribution in [0.3, 0.4) is 0 Å². The maximum absolute atomic E-state index is 10.8. The van der Waals surface area contributed by atoms with Gasteiger partial charge in [0.15, 0.2) is 0 Å². The minimum Gasteiger partial charge on any atom is -0.489 e. The summed E-state index contributed by atoms with van der Waals surface area (Å²) in [5.41, 5.74) is 4.25. The number of piperidine rings is 1. The van der Waals surface area contributed by atoms with Crippen LogP contribution < -0.4 is 10.1 Å². The van der Waals surface area contributed by atoms with Crippen molar-refractivity contribution >= 4 is 17.4 Å². The Balaban J connectivity index is 1.34. The van der Waals surface area contributed by atoms with Gasteiger partial charge in [-0.3, -0.25) is 14.7 Å². The van der Waals surface area contributed by atoms with Crippen LogP contribution in [-0.4, -0.2) is 47.4 Å². The molecule has 2 aromatic carbocycles. The number of carbonyl (C=O) groups is 1. The van der Waals surface area contributed by atoms with Crippen LogP contribution in [-0.2, 0) is 11.4 Å². The Morgan fingerprint density at radius 2 is 1.97 bits per heavy atom. The number of benzene rings is 2. The fraction of sp³-hybridized carbons (Fsp3) is 0.304. The van der Waals surface area contributed by atoms with E-state index in [1.54, 1.807) is 0 Å². The summed E-state index contributed by atoms with van der Waals surface area (Å²) in [5.74, 6) is 0.0821. The van der Waals surface area contributed by atoms with Crippen LogP contribution in [0.5, 0.6) is 5.75 Å². The average Bonchev–Trinajstić information content (AvgIpc) is 2.77. The van der Waals surface area contributed by atoms with Crippen LogP contribution in [0.25, 0.3) is 5.70 Å². The number of aliphatic imine (C=N–C) groups is 1. The van der Waals surface area contributed by atoms with E-state index in [4.69, 9.17) is 14.8 Å². The third-order valence-electron chi connectivity index (χ3n) is 5.25. The summed E-state index contributed by atoms with van der Waals surface area (Å²) in [4.78, 5) is 17.8. The number of likely N-dealkylation sites (tertiary alicyclic amines) is 1. The van der Waals surface area contributed by atoms with Gasteiger partial charge >= 0.3 is 5.97 Å². The van der Waals surface area contributed by atoms with Crippen molar-refractivity contribution in [3.05, 3.63) is 71.9 Å². The smallest absolute Gasteiger partial charge is 0.304 e. The van der Waals surface area contributed by atoms with E-state index in [-0.39, 0.29) is 12.5 Å². The van der Waals surface area contributed by atoms with E-state index in [1.807, 2.05) is 60.8 Å². The average molecular weight is 391 g/mol. The molecule has 29 heavy (non-hydrogen) atoms. The molecule has 2 heterocycles. The number of fused-ring (bicyclic) bond motifs is 1. The van der Waals surface area contributed by atoms with Gasteiger partial charge in [0, 0.05) is 43.5 Å². The van der Waals surface area contributed by atoms with Crippen molar-refractivity contribution in [2.45, 2.75) is 25.5 Å². The maximum Gasteiger partial charge on any atom is 0.304 e. The summed E-state index contributed by atoms with van der Waals surface area (Å²) in [6.07, 6.45) is 2.99. The fourth-order valence-electron chi connectivity index (χ4n) is 3.62. The minimum absolute atomic E-state index is 0.162. The number of rotatable bonds is 7. The standard InChI is InChI=1S/C23H25N3O3/c27-23(28)11-13-26-12-10-20-22(15-26)24-14-21(25-20)18-6-8-19(9-7-18)29-16-17-4-2-1-3-5-17/h1-9,14,22,24H,10-13,15-16H2,(H,27,28). The molecule has 1 unspecified atom stereocenters. The third-order valence-corrected chi connectivity index (χ3v) is 5.25. The maximum atomic E-state index is 10.8. The fourth-order valence-corrected chi connectivity index (χ4v) is 3.62. The molecular weight excluding hydrogens is 366 g/mol. The lowest BCUT2D eigenvalue weighted by molar-refractivity contribution is -0.137. The SMILES string of the molecule is O=C(O)CCN1CCC2=NC(c3ccc(OCc4ccccc4)cc3)=CNC2C1. The Kier molecular flexibility index (Phi) is 5.91. The number of ether oxygens (including phenoxy) is 1. The van der Waals surface area contributed by atoms with E-state index in [1.165, 1.54) is 0 Å². The van der Waals surface area contributed by atoms with Crippen LogP contribution in [0.1, 0.15) is 24.0 Å². The summed E-state index contributed by atoms with van der Waals surface area (Å²) in [6, 6.07) is 18.3. The van der Waals surface area contributed by atoms with Crippen molar-refractivity contribution in [1.82, 2.24) is 10.2 Å². The Morgan fingerprint density at radius 1 is 1.17 bits per heavy atom. The highest BCUT2D eigenvalue weighted by molar-refractivity contribution is 5.96. The summed E-state index contributed by atoms with van der Waals surface area (Å²) in [6.45, 7) is 2.78. The minimum atomic E-state index is -0.751. The molecule has 0 amide bonds. The molecule has 2 aliphatic heterocycles. The molecule has 0 radical (unpaired) electrons. The molecular formula is C23H25N3O3. The molecule has 2 N–H and O–H groups in total. The zero-order chi connectivity index (χ0) is 20.1. The molecule has 0 aliphatic carbocycles. The third kappa shape index (κ3) is 5.03. The Hall–Kier alpha value is -3.12. The van der Waals surface area contributed by atoms with Crippen molar-refractivity contribution < 1.29 is 14.6 Å². The normalized spacial score (nSPS) is 18.8. The second-order valence-corrected chi connectivity index (χ2v) is 7.34. The van der Waals surface area contributed by atoms with E-state index in [9.17, 15) is 4.79 Å². The lowest BCUT2D eigenvalue weighted by Crippen LogP contribution is -2.51. The van der Waals surface area contributed by atoms with Crippen molar-refractivity contribution in [1.29, 1.82) is 0 Å². The van der Waals surface area contributed by atoms with Gasteiger partial charge in [-0.2, -0.15) is 0 Å². The van der Waals surface area contributed by atoms with E-state index in [0.717, 1.165) is 47.8 Å². The van der Waals surface area contributed by atoms with E-state index in [2.05, 4.69) is 10.2 Å². The van der Waals surface area contributed by atoms with E-state index in [0.29, 0.717) is 13.2 Å². The molecule has 2 aromatic rings. The second-order valence-electron chi connectivity index (χ2n) is 7.34. The predicted molar refractivity (Wildman–Crippen MR) is 113 cm³/mol. The second kappa shape index (κ2) is 8.92. The topological polar surface area (TPSA) is 74.2 Å². The lowest BCUT2D eigenvalue weighted by Gasteiger charge is -2.35. The quantitative estimate of drug-likeness (QED) is 0.758. The molecule has 1 saturated heterocycles. The first-order valence-electron chi connectivity index (χ1n) is 9.92. The van der Waals surface area contributed by atoms with Gasteiger partial charge in [-0.25, -0.2) is 0 Å². The zero-order valence-electron chi connectivity index (χ0n) is 16.3. The van der Waals surface area contributed by atoms with Crippen LogP contribution in [0.2, 0.25) is 0 Å². The van der Waals surface area contributed by atoms with Crippen molar-refractivity contribution in [3.63, 3.8) is 0 Å². The molecule has 6 heteroatoms. The number of hydrogen-bond donors (Lipinski definition) is 2. The highest BCUT2D eigenvalue weighted by Crippen LogP contribution is 2.24. The summed E-state index contributed by atoms with van der Waals surface area (Å²) in [7, 11) is 0. The Morgan fingerprint density at radius 3 is 2.72 bits per heavy atom. The number of nitrogens with one attached hydrogen (secondary N) is 1. The number of nitrogens with zero attached hydrogens (tertiary/aromatic N) is 2. The molecule has 0 bridgehead atoms. The Labute approximate surface area is 170 Å². The predicted octanol–water partition coefficient (Wildman–Crippen LogP) is 3.16. The van der Waals surface area contributed by atoms with Crippen LogP contribution in [0, 0.1) is 0 Å². The van der Waals surface area contributed by atoms with Gasteiger partial charge in [-0.15, -0.1) is 0 Å². The highest BCUT2D eigenvalue weighted by atomic mass is 16.5. The van der Waals surface area contributed by atoms with Crippen LogP contribution in [0.15, 0.2) is 65.8 Å². The van der Waals surface area contributed by atoms with Gasteiger partial charge in [0.1, 0.15) is 12.4 Å². The van der Waals surface area contributed by atoms with Gasteiger partial charge in [0.25, 0.3) is 0 Å². The molecule has 150 valence electrons. The molecule has 2 aliphatic rings. The van der Waals surface area contributed by atoms with Gasteiger partial charge in [0.2, 0.25) is 0 Å². The molecule has 0 aromatic heterocycles. The first-order valence-corrected chi connectivity index (χ1v) is 9.92. The molecule has 1 fully saturated rings. The number of carboxylic acids is 1. The number of aliphatic carboxylic acids is 1. The number of hydrogen-bond acceptors (Lipinski definition) is 5. The van der Waals surface area contributed by atoms with Crippen molar-refractivity contribution in [2.75, 3.05) is 19.6 Å². The van der Waals surface area contributed by atoms with Crippen molar-refractivity contribution in [2.24, 2.45) is 4.99 Å². The monoisotopic (exact) mass is 391 g/mol. The van der Waals surface area contributed by atoms with E-state index >= 15 is 0 Å². The first-order chi connectivity index (χ1) is 14.2. The van der Waals surface area contributed by atoms with Crippen LogP contribution in [0.4, 0.5) is 0 Å². The highest BCUT2D eigenvalue weighted by Gasteiger charge is 2.27. The molecule has 1 atom stereocenters. The summed E-state index contributed by atoms with van der Waals surface area (Å²) in [5, 5.41) is 12.3. The molecule has 6 nitrogen and oxygen atoms in total. The molecule has 0 saturated carbocycles. The summed E-state index contributed by atoms with van der Waals surface area (Å²) >= 11 is 0. The lowest BCUT2D eigenvalue weighted by atomic mass is 10.0. The van der Waals surface area contributed by atoms with Gasteiger partial charge < -0.3 is 15.2 Å². The van der Waals surface area contributed by atoms with Gasteiger partial charge in [0.05, 0.1) is 18.2 Å². The van der Waals surface area contributed by atoms with Crippen molar-refractivity contribution in [3.8, 4) is 5.75 Å².